The number of methoxy groups -OCH3 is 1. The largest absolute Gasteiger partial charge is 0.495 e. The van der Waals surface area contributed by atoms with Crippen LogP contribution in [0.25, 0.3) is 0 Å². The third-order valence-electron chi connectivity index (χ3n) is 3.99. The molecule has 1 saturated carbocycles. The third kappa shape index (κ3) is 2.24. The Morgan fingerprint density at radius 2 is 2.00 bits per heavy atom. The summed E-state index contributed by atoms with van der Waals surface area (Å²) in [6, 6.07) is 5.26. The molecule has 2 fully saturated rings. The van der Waals surface area contributed by atoms with Crippen LogP contribution in [0.5, 0.6) is 5.75 Å². The Balaban J connectivity index is 1.86. The Hall–Kier alpha value is -1.11. The molecule has 0 aromatic heterocycles. The van der Waals surface area contributed by atoms with Gasteiger partial charge in [-0.1, -0.05) is 6.07 Å². The van der Waals surface area contributed by atoms with Crippen molar-refractivity contribution < 1.29 is 13.2 Å². The van der Waals surface area contributed by atoms with Gasteiger partial charge in [-0.25, -0.2) is 13.1 Å². The molecule has 1 heterocycles. The second-order valence-electron chi connectivity index (χ2n) is 5.29. The van der Waals surface area contributed by atoms with Gasteiger partial charge < -0.3 is 10.1 Å². The molecule has 1 aromatic rings. The lowest BCUT2D eigenvalue weighted by Gasteiger charge is -2.12. The summed E-state index contributed by atoms with van der Waals surface area (Å²) in [5.41, 5.74) is 0.902. The lowest BCUT2D eigenvalue weighted by atomic mass is 10.2. The van der Waals surface area contributed by atoms with E-state index in [1.54, 1.807) is 12.1 Å². The molecule has 3 rings (SSSR count). The molecule has 0 radical (unpaired) electrons. The normalized spacial score (nSPS) is 29.1. The van der Waals surface area contributed by atoms with Crippen molar-refractivity contribution in [3.63, 3.8) is 0 Å². The first-order valence-electron chi connectivity index (χ1n) is 6.40. The van der Waals surface area contributed by atoms with Crippen LogP contribution in [-0.2, 0) is 10.0 Å². The second-order valence-corrected chi connectivity index (χ2v) is 6.97. The number of piperidine rings is 1. The molecule has 0 bridgehead atoms. The van der Waals surface area contributed by atoms with E-state index in [2.05, 4.69) is 10.0 Å². The van der Waals surface area contributed by atoms with Crippen LogP contribution >= 0.6 is 0 Å². The standard InChI is InChI=1S/C13H18N2O3S/c1-8-3-4-11(18-2)12(5-8)19(16,17)15-13-9-6-14-7-10(9)13/h3-5,9-10,13-15H,6-7H2,1-2H3. The fraction of sp³-hybridized carbons (Fsp3) is 0.538. The molecule has 1 aliphatic carbocycles. The number of sulfonamides is 1. The average molecular weight is 282 g/mol. The van der Waals surface area contributed by atoms with Crippen molar-refractivity contribution in [2.45, 2.75) is 17.9 Å². The summed E-state index contributed by atoms with van der Waals surface area (Å²) in [7, 11) is -2.02. The molecular weight excluding hydrogens is 264 g/mol. The second kappa shape index (κ2) is 4.47. The first-order valence-corrected chi connectivity index (χ1v) is 7.89. The maximum atomic E-state index is 12.4. The zero-order chi connectivity index (χ0) is 13.6. The molecule has 2 unspecified atom stereocenters. The highest BCUT2D eigenvalue weighted by molar-refractivity contribution is 7.89. The Labute approximate surface area is 113 Å². The van der Waals surface area contributed by atoms with E-state index in [0.29, 0.717) is 17.6 Å². The summed E-state index contributed by atoms with van der Waals surface area (Å²) in [6.45, 7) is 3.68. The van der Waals surface area contributed by atoms with E-state index in [1.807, 2.05) is 13.0 Å². The Kier molecular flexibility index (Phi) is 3.03. The van der Waals surface area contributed by atoms with Crippen LogP contribution in [0, 0.1) is 18.8 Å². The average Bonchev–Trinajstić information content (AvgIpc) is 2.82. The minimum absolute atomic E-state index is 0.0801. The van der Waals surface area contributed by atoms with Crippen molar-refractivity contribution in [1.82, 2.24) is 10.0 Å². The summed E-state index contributed by atoms with van der Waals surface area (Å²) in [5.74, 6) is 1.29. The number of ether oxygens (including phenoxy) is 1. The summed E-state index contributed by atoms with van der Waals surface area (Å²) in [5, 5.41) is 3.25. The van der Waals surface area contributed by atoms with Gasteiger partial charge in [-0.3, -0.25) is 0 Å². The molecule has 2 atom stereocenters. The van der Waals surface area contributed by atoms with Gasteiger partial charge in [-0.2, -0.15) is 0 Å². The van der Waals surface area contributed by atoms with Gasteiger partial charge >= 0.3 is 0 Å². The Morgan fingerprint density at radius 1 is 1.32 bits per heavy atom. The molecule has 5 nitrogen and oxygen atoms in total. The summed E-state index contributed by atoms with van der Waals surface area (Å²) < 4.78 is 32.8. The molecule has 2 N–H and O–H groups in total. The maximum absolute atomic E-state index is 12.4. The van der Waals surface area contributed by atoms with E-state index in [1.165, 1.54) is 7.11 Å². The van der Waals surface area contributed by atoms with Crippen molar-refractivity contribution in [3.05, 3.63) is 23.8 Å². The number of rotatable bonds is 4. The molecular formula is C13H18N2O3S. The van der Waals surface area contributed by atoms with Gasteiger partial charge in [0.05, 0.1) is 7.11 Å². The minimum atomic E-state index is -3.51. The number of nitrogens with one attached hydrogen (secondary N) is 2. The van der Waals surface area contributed by atoms with Crippen molar-refractivity contribution in [2.24, 2.45) is 11.8 Å². The molecule has 19 heavy (non-hydrogen) atoms. The van der Waals surface area contributed by atoms with Crippen LogP contribution in [0.15, 0.2) is 23.1 Å². The summed E-state index contributed by atoms with van der Waals surface area (Å²) >= 11 is 0. The number of hydrogen-bond acceptors (Lipinski definition) is 4. The lowest BCUT2D eigenvalue weighted by Crippen LogP contribution is -2.32. The lowest BCUT2D eigenvalue weighted by molar-refractivity contribution is 0.402. The number of hydrogen-bond donors (Lipinski definition) is 2. The molecule has 0 spiro atoms. The predicted molar refractivity (Wildman–Crippen MR) is 71.7 cm³/mol. The van der Waals surface area contributed by atoms with Crippen LogP contribution < -0.4 is 14.8 Å². The van der Waals surface area contributed by atoms with Crippen LogP contribution in [0.2, 0.25) is 0 Å². The fourth-order valence-electron chi connectivity index (χ4n) is 2.83. The zero-order valence-electron chi connectivity index (χ0n) is 11.0. The van der Waals surface area contributed by atoms with Crippen LogP contribution in [0.4, 0.5) is 0 Å². The van der Waals surface area contributed by atoms with Crippen molar-refractivity contribution >= 4 is 10.0 Å². The van der Waals surface area contributed by atoms with Crippen molar-refractivity contribution in [2.75, 3.05) is 20.2 Å². The summed E-state index contributed by atoms with van der Waals surface area (Å²) in [4.78, 5) is 0.230. The summed E-state index contributed by atoms with van der Waals surface area (Å²) in [6.07, 6.45) is 0. The number of benzene rings is 1. The topological polar surface area (TPSA) is 67.4 Å². The van der Waals surface area contributed by atoms with Crippen LogP contribution in [0.3, 0.4) is 0 Å². The van der Waals surface area contributed by atoms with Gasteiger partial charge in [-0.15, -0.1) is 0 Å². The number of fused-ring (bicyclic) bond motifs is 1. The molecule has 1 saturated heterocycles. The van der Waals surface area contributed by atoms with Crippen molar-refractivity contribution in [1.29, 1.82) is 0 Å². The number of aryl methyl sites for hydroxylation is 1. The molecule has 2 aliphatic rings. The molecule has 0 amide bonds. The van der Waals surface area contributed by atoms with Crippen LogP contribution in [0.1, 0.15) is 5.56 Å². The van der Waals surface area contributed by atoms with E-state index < -0.39 is 10.0 Å². The van der Waals surface area contributed by atoms with E-state index in [-0.39, 0.29) is 10.9 Å². The van der Waals surface area contributed by atoms with Crippen molar-refractivity contribution in [3.8, 4) is 5.75 Å². The van der Waals surface area contributed by atoms with Gasteiger partial charge in [0.15, 0.2) is 0 Å². The van der Waals surface area contributed by atoms with Gasteiger partial charge in [0.25, 0.3) is 0 Å². The third-order valence-corrected chi connectivity index (χ3v) is 5.47. The monoisotopic (exact) mass is 282 g/mol. The first kappa shape index (κ1) is 12.9. The highest BCUT2D eigenvalue weighted by atomic mass is 32.2. The SMILES string of the molecule is COc1ccc(C)cc1S(=O)(=O)NC1C2CNCC21. The zero-order valence-corrected chi connectivity index (χ0v) is 11.8. The first-order chi connectivity index (χ1) is 9.03. The van der Waals surface area contributed by atoms with Gasteiger partial charge in [0.1, 0.15) is 10.6 Å². The minimum Gasteiger partial charge on any atom is -0.495 e. The maximum Gasteiger partial charge on any atom is 0.244 e. The van der Waals surface area contributed by atoms with Crippen LogP contribution in [-0.4, -0.2) is 34.7 Å². The molecule has 1 aliphatic heterocycles. The Bertz CT molecular complexity index is 590. The predicted octanol–water partition coefficient (Wildman–Crippen LogP) is 0.500. The van der Waals surface area contributed by atoms with E-state index in [9.17, 15) is 8.42 Å². The Morgan fingerprint density at radius 3 is 2.63 bits per heavy atom. The van der Waals surface area contributed by atoms with Gasteiger partial charge in [-0.05, 0) is 49.5 Å². The molecule has 104 valence electrons. The van der Waals surface area contributed by atoms with E-state index in [0.717, 1.165) is 18.7 Å². The smallest absolute Gasteiger partial charge is 0.244 e. The van der Waals surface area contributed by atoms with Gasteiger partial charge in [0, 0.05) is 6.04 Å². The molecule has 1 aromatic carbocycles. The van der Waals surface area contributed by atoms with E-state index >= 15 is 0 Å². The van der Waals surface area contributed by atoms with Gasteiger partial charge in [0.2, 0.25) is 10.0 Å². The fourth-order valence-corrected chi connectivity index (χ4v) is 4.42. The highest BCUT2D eigenvalue weighted by Gasteiger charge is 2.54. The highest BCUT2D eigenvalue weighted by Crippen LogP contribution is 2.42. The van der Waals surface area contributed by atoms with E-state index in [4.69, 9.17) is 4.74 Å². The quantitative estimate of drug-likeness (QED) is 0.844. The molecule has 6 heteroatoms.